The van der Waals surface area contributed by atoms with Gasteiger partial charge in [0, 0.05) is 6.07 Å². The van der Waals surface area contributed by atoms with Crippen molar-refractivity contribution in [1.82, 2.24) is 0 Å². The number of para-hydroxylation sites is 1. The summed E-state index contributed by atoms with van der Waals surface area (Å²) in [6.07, 6.45) is 3.04. The zero-order valence-electron chi connectivity index (χ0n) is 11.3. The minimum absolute atomic E-state index is 0.0420. The molecule has 0 bridgehead atoms. The second-order valence-electron chi connectivity index (χ2n) is 5.01. The van der Waals surface area contributed by atoms with E-state index in [1.165, 1.54) is 12.1 Å². The van der Waals surface area contributed by atoms with Gasteiger partial charge in [-0.15, -0.1) is 0 Å². The Kier molecular flexibility index (Phi) is 3.18. The Morgan fingerprint density at radius 2 is 2.00 bits per heavy atom. The Balaban J connectivity index is 2.35. The highest BCUT2D eigenvalue weighted by Crippen LogP contribution is 2.25. The molecule has 3 heteroatoms. The molecular formula is C17H16O3. The first kappa shape index (κ1) is 12.7. The minimum Gasteiger partial charge on any atom is -0.508 e. The van der Waals surface area contributed by atoms with Gasteiger partial charge in [0.05, 0.1) is 10.8 Å². The van der Waals surface area contributed by atoms with Gasteiger partial charge in [-0.2, -0.15) is 0 Å². The Hall–Kier alpha value is -2.29. The van der Waals surface area contributed by atoms with Gasteiger partial charge in [0.1, 0.15) is 16.9 Å². The van der Waals surface area contributed by atoms with E-state index in [1.807, 2.05) is 12.1 Å². The number of hydrogen-bond acceptors (Lipinski definition) is 3. The molecule has 2 aromatic carbocycles. The molecule has 0 saturated carbocycles. The molecule has 0 atom stereocenters. The SMILES string of the molecule is CCCCc1cccc2c(=O)c3ccc(O)cc3oc12. The predicted molar refractivity (Wildman–Crippen MR) is 80.3 cm³/mol. The molecule has 102 valence electrons. The zero-order chi connectivity index (χ0) is 14.1. The largest absolute Gasteiger partial charge is 0.508 e. The quantitative estimate of drug-likeness (QED) is 0.730. The van der Waals surface area contributed by atoms with Gasteiger partial charge in [0.25, 0.3) is 0 Å². The average molecular weight is 268 g/mol. The third-order valence-electron chi connectivity index (χ3n) is 3.56. The molecule has 0 aliphatic heterocycles. The molecule has 0 aliphatic rings. The molecule has 20 heavy (non-hydrogen) atoms. The second-order valence-corrected chi connectivity index (χ2v) is 5.01. The van der Waals surface area contributed by atoms with E-state index in [2.05, 4.69) is 6.92 Å². The lowest BCUT2D eigenvalue weighted by atomic mass is 10.0. The van der Waals surface area contributed by atoms with Gasteiger partial charge in [-0.3, -0.25) is 4.79 Å². The maximum Gasteiger partial charge on any atom is 0.200 e. The molecule has 0 spiro atoms. The van der Waals surface area contributed by atoms with Crippen LogP contribution in [0, 0.1) is 0 Å². The highest BCUT2D eigenvalue weighted by atomic mass is 16.3. The van der Waals surface area contributed by atoms with Crippen molar-refractivity contribution in [2.75, 3.05) is 0 Å². The molecule has 3 aromatic rings. The Morgan fingerprint density at radius 1 is 1.15 bits per heavy atom. The molecule has 0 amide bonds. The summed E-state index contributed by atoms with van der Waals surface area (Å²) in [5.74, 6) is 0.103. The molecule has 1 aromatic heterocycles. The molecular weight excluding hydrogens is 252 g/mol. The highest BCUT2D eigenvalue weighted by molar-refractivity contribution is 5.91. The maximum absolute atomic E-state index is 12.5. The number of phenolic OH excluding ortho intramolecular Hbond substituents is 1. The van der Waals surface area contributed by atoms with Crippen molar-refractivity contribution in [3.05, 3.63) is 52.2 Å². The van der Waals surface area contributed by atoms with Crippen LogP contribution in [0.4, 0.5) is 0 Å². The molecule has 3 nitrogen and oxygen atoms in total. The fourth-order valence-electron chi connectivity index (χ4n) is 2.49. The molecule has 0 aliphatic carbocycles. The summed E-state index contributed by atoms with van der Waals surface area (Å²) in [4.78, 5) is 12.5. The van der Waals surface area contributed by atoms with Crippen molar-refractivity contribution in [3.63, 3.8) is 0 Å². The second kappa shape index (κ2) is 5.00. The maximum atomic E-state index is 12.5. The number of unbranched alkanes of at least 4 members (excludes halogenated alkanes) is 1. The summed E-state index contributed by atoms with van der Waals surface area (Å²) in [5.41, 5.74) is 2.08. The molecule has 1 N–H and O–H groups in total. The van der Waals surface area contributed by atoms with E-state index in [4.69, 9.17) is 4.42 Å². The Labute approximate surface area is 116 Å². The average Bonchev–Trinajstić information content (AvgIpc) is 2.45. The molecule has 3 rings (SSSR count). The summed E-state index contributed by atoms with van der Waals surface area (Å²) in [6, 6.07) is 10.3. The van der Waals surface area contributed by atoms with Crippen LogP contribution in [-0.2, 0) is 6.42 Å². The van der Waals surface area contributed by atoms with Gasteiger partial charge >= 0.3 is 0 Å². The topological polar surface area (TPSA) is 50.4 Å². The third kappa shape index (κ3) is 2.05. The highest BCUT2D eigenvalue weighted by Gasteiger charge is 2.11. The summed E-state index contributed by atoms with van der Waals surface area (Å²) in [6.45, 7) is 2.13. The lowest BCUT2D eigenvalue weighted by Crippen LogP contribution is -2.03. The van der Waals surface area contributed by atoms with Crippen molar-refractivity contribution in [2.45, 2.75) is 26.2 Å². The van der Waals surface area contributed by atoms with Crippen LogP contribution in [0.3, 0.4) is 0 Å². The van der Waals surface area contributed by atoms with Crippen LogP contribution in [0.25, 0.3) is 21.9 Å². The number of phenols is 1. The smallest absolute Gasteiger partial charge is 0.200 e. The van der Waals surface area contributed by atoms with Gasteiger partial charge in [0.15, 0.2) is 0 Å². The molecule has 0 radical (unpaired) electrons. The van der Waals surface area contributed by atoms with E-state index in [1.54, 1.807) is 12.1 Å². The fraction of sp³-hybridized carbons (Fsp3) is 0.235. The van der Waals surface area contributed by atoms with E-state index >= 15 is 0 Å². The van der Waals surface area contributed by atoms with E-state index in [0.717, 1.165) is 24.8 Å². The van der Waals surface area contributed by atoms with Crippen molar-refractivity contribution in [3.8, 4) is 5.75 Å². The van der Waals surface area contributed by atoms with Crippen LogP contribution >= 0.6 is 0 Å². The molecule has 0 saturated heterocycles. The van der Waals surface area contributed by atoms with Crippen molar-refractivity contribution in [1.29, 1.82) is 0 Å². The monoisotopic (exact) mass is 268 g/mol. The van der Waals surface area contributed by atoms with E-state index in [-0.39, 0.29) is 11.2 Å². The van der Waals surface area contributed by atoms with Crippen LogP contribution in [0.5, 0.6) is 5.75 Å². The number of rotatable bonds is 3. The standard InChI is InChI=1S/C17H16O3/c1-2-3-5-11-6-4-7-14-16(19)13-9-8-12(18)10-15(13)20-17(11)14/h4,6-10,18H,2-3,5H2,1H3. The van der Waals surface area contributed by atoms with Gasteiger partial charge in [0.2, 0.25) is 5.43 Å². The molecule has 0 unspecified atom stereocenters. The first-order valence-corrected chi connectivity index (χ1v) is 6.88. The fourth-order valence-corrected chi connectivity index (χ4v) is 2.49. The Bertz CT molecular complexity index is 831. The van der Waals surface area contributed by atoms with Gasteiger partial charge in [-0.1, -0.05) is 25.5 Å². The van der Waals surface area contributed by atoms with Gasteiger partial charge < -0.3 is 9.52 Å². The van der Waals surface area contributed by atoms with Crippen molar-refractivity contribution >= 4 is 21.9 Å². The molecule has 1 heterocycles. The van der Waals surface area contributed by atoms with E-state index < -0.39 is 0 Å². The van der Waals surface area contributed by atoms with Crippen molar-refractivity contribution < 1.29 is 9.52 Å². The third-order valence-corrected chi connectivity index (χ3v) is 3.56. The summed E-state index contributed by atoms with van der Waals surface area (Å²) in [7, 11) is 0. The van der Waals surface area contributed by atoms with Crippen LogP contribution < -0.4 is 5.43 Å². The van der Waals surface area contributed by atoms with E-state index in [0.29, 0.717) is 21.9 Å². The van der Waals surface area contributed by atoms with Gasteiger partial charge in [-0.05, 0) is 36.6 Å². The first-order valence-electron chi connectivity index (χ1n) is 6.88. The summed E-state index contributed by atoms with van der Waals surface area (Å²) in [5, 5.41) is 10.7. The zero-order valence-corrected chi connectivity index (χ0v) is 11.3. The first-order chi connectivity index (χ1) is 9.70. The number of aryl methyl sites for hydroxylation is 1. The van der Waals surface area contributed by atoms with Crippen LogP contribution in [0.15, 0.2) is 45.6 Å². The summed E-state index contributed by atoms with van der Waals surface area (Å²) >= 11 is 0. The van der Waals surface area contributed by atoms with Crippen LogP contribution in [0.2, 0.25) is 0 Å². The van der Waals surface area contributed by atoms with Gasteiger partial charge in [-0.25, -0.2) is 0 Å². The normalized spacial score (nSPS) is 11.2. The number of aromatic hydroxyl groups is 1. The number of fused-ring (bicyclic) bond motifs is 2. The van der Waals surface area contributed by atoms with Crippen molar-refractivity contribution in [2.24, 2.45) is 0 Å². The lowest BCUT2D eigenvalue weighted by Gasteiger charge is -2.06. The molecule has 0 fully saturated rings. The number of benzene rings is 2. The number of hydrogen-bond donors (Lipinski definition) is 1. The lowest BCUT2D eigenvalue weighted by molar-refractivity contribution is 0.474. The van der Waals surface area contributed by atoms with E-state index in [9.17, 15) is 9.90 Å². The summed E-state index contributed by atoms with van der Waals surface area (Å²) < 4.78 is 5.88. The predicted octanol–water partition coefficient (Wildman–Crippen LogP) is 3.99. The van der Waals surface area contributed by atoms with Crippen LogP contribution in [0.1, 0.15) is 25.3 Å². The minimum atomic E-state index is -0.0420. The van der Waals surface area contributed by atoms with Crippen LogP contribution in [-0.4, -0.2) is 5.11 Å². The Morgan fingerprint density at radius 3 is 2.80 bits per heavy atom.